The largest absolute Gasteiger partial charge is 0.368 e. The highest BCUT2D eigenvalue weighted by molar-refractivity contribution is 6.03. The van der Waals surface area contributed by atoms with Gasteiger partial charge in [0.15, 0.2) is 0 Å². The van der Waals surface area contributed by atoms with Crippen molar-refractivity contribution in [3.05, 3.63) is 120 Å². The fourth-order valence-electron chi connectivity index (χ4n) is 4.86. The highest BCUT2D eigenvalue weighted by Crippen LogP contribution is 2.38. The quantitative estimate of drug-likeness (QED) is 0.342. The van der Waals surface area contributed by atoms with Gasteiger partial charge < -0.3 is 20.0 Å². The Morgan fingerprint density at radius 1 is 0.737 bits per heavy atom. The van der Waals surface area contributed by atoms with Gasteiger partial charge in [0.1, 0.15) is 0 Å². The number of anilines is 4. The van der Waals surface area contributed by atoms with Crippen LogP contribution in [0.15, 0.2) is 109 Å². The molecule has 6 heteroatoms. The summed E-state index contributed by atoms with van der Waals surface area (Å²) in [6, 6.07) is 35.7. The van der Waals surface area contributed by atoms with Crippen LogP contribution in [0.2, 0.25) is 0 Å². The topological polar surface area (TPSA) is 55.9 Å². The fraction of sp³-hybridized carbons (Fsp3) is 0.188. The molecular formula is C32H32N4O2. The molecule has 2 amide bonds. The number of nitrogens with one attached hydrogen (secondary N) is 1. The van der Waals surface area contributed by atoms with Crippen molar-refractivity contribution in [2.24, 2.45) is 0 Å². The Labute approximate surface area is 224 Å². The van der Waals surface area contributed by atoms with Gasteiger partial charge in [0.25, 0.3) is 11.8 Å². The molecule has 4 aromatic rings. The Morgan fingerprint density at radius 3 is 1.84 bits per heavy atom. The van der Waals surface area contributed by atoms with E-state index in [2.05, 4.69) is 45.4 Å². The molecule has 0 unspecified atom stereocenters. The van der Waals surface area contributed by atoms with Crippen molar-refractivity contribution in [1.82, 2.24) is 10.2 Å². The number of benzene rings is 4. The van der Waals surface area contributed by atoms with Gasteiger partial charge in [0.05, 0.1) is 11.3 Å². The molecule has 1 fully saturated rings. The van der Waals surface area contributed by atoms with Crippen molar-refractivity contribution in [3.63, 3.8) is 0 Å². The standard InChI is InChI=1S/C32H32N4O2/c1-2-33-31(37)29-19-18-28(34-20-22-35(23-21-34)32(38)25-12-6-3-7-13-25)24-30(29)36(26-14-8-4-9-15-26)27-16-10-5-11-17-27/h3-19,24H,2,20-23H2,1H3,(H,33,37). The van der Waals surface area contributed by atoms with Gasteiger partial charge in [-0.05, 0) is 61.5 Å². The monoisotopic (exact) mass is 504 g/mol. The van der Waals surface area contributed by atoms with E-state index in [1.165, 1.54) is 0 Å². The molecule has 1 heterocycles. The lowest BCUT2D eigenvalue weighted by Gasteiger charge is -2.37. The number of piperazine rings is 1. The highest BCUT2D eigenvalue weighted by atomic mass is 16.2. The Kier molecular flexibility index (Phi) is 7.69. The molecular weight excluding hydrogens is 472 g/mol. The molecule has 1 N–H and O–H groups in total. The van der Waals surface area contributed by atoms with Crippen LogP contribution >= 0.6 is 0 Å². The maximum Gasteiger partial charge on any atom is 0.253 e. The second-order valence-corrected chi connectivity index (χ2v) is 9.21. The zero-order valence-corrected chi connectivity index (χ0v) is 21.6. The predicted octanol–water partition coefficient (Wildman–Crippen LogP) is 5.87. The molecule has 192 valence electrons. The van der Waals surface area contributed by atoms with Crippen molar-refractivity contribution < 1.29 is 9.59 Å². The molecule has 5 rings (SSSR count). The van der Waals surface area contributed by atoms with Gasteiger partial charge in [-0.25, -0.2) is 0 Å². The van der Waals surface area contributed by atoms with Crippen LogP contribution in [-0.4, -0.2) is 49.4 Å². The van der Waals surface area contributed by atoms with Crippen LogP contribution < -0.4 is 15.1 Å². The van der Waals surface area contributed by atoms with E-state index < -0.39 is 0 Å². The normalized spacial score (nSPS) is 13.2. The summed E-state index contributed by atoms with van der Waals surface area (Å²) in [7, 11) is 0. The fourth-order valence-corrected chi connectivity index (χ4v) is 4.86. The SMILES string of the molecule is CCNC(=O)c1ccc(N2CCN(C(=O)c3ccccc3)CC2)cc1N(c1ccccc1)c1ccccc1. The smallest absolute Gasteiger partial charge is 0.253 e. The first-order valence-electron chi connectivity index (χ1n) is 13.1. The number of amides is 2. The van der Waals surface area contributed by atoms with Crippen LogP contribution in [0.25, 0.3) is 0 Å². The van der Waals surface area contributed by atoms with Crippen LogP contribution in [0.1, 0.15) is 27.6 Å². The second kappa shape index (κ2) is 11.6. The number of hydrogen-bond donors (Lipinski definition) is 1. The van der Waals surface area contributed by atoms with Crippen molar-refractivity contribution in [2.45, 2.75) is 6.92 Å². The third-order valence-electron chi connectivity index (χ3n) is 6.79. The van der Waals surface area contributed by atoms with E-state index in [0.717, 1.165) is 41.4 Å². The average Bonchev–Trinajstić information content (AvgIpc) is 2.99. The molecule has 0 aromatic heterocycles. The second-order valence-electron chi connectivity index (χ2n) is 9.21. The molecule has 1 saturated heterocycles. The zero-order chi connectivity index (χ0) is 26.3. The summed E-state index contributed by atoms with van der Waals surface area (Å²) in [6.45, 7) is 5.19. The molecule has 0 atom stereocenters. The number of carbonyl (C=O) groups is 2. The van der Waals surface area contributed by atoms with Gasteiger partial charge in [-0.15, -0.1) is 0 Å². The van der Waals surface area contributed by atoms with E-state index >= 15 is 0 Å². The summed E-state index contributed by atoms with van der Waals surface area (Å²) in [5, 5.41) is 2.97. The third-order valence-corrected chi connectivity index (χ3v) is 6.79. The van der Waals surface area contributed by atoms with Crippen LogP contribution in [0, 0.1) is 0 Å². The summed E-state index contributed by atoms with van der Waals surface area (Å²) in [4.78, 5) is 32.4. The Morgan fingerprint density at radius 2 is 1.29 bits per heavy atom. The van der Waals surface area contributed by atoms with Gasteiger partial charge >= 0.3 is 0 Å². The van der Waals surface area contributed by atoms with Gasteiger partial charge in [-0.3, -0.25) is 9.59 Å². The van der Waals surface area contributed by atoms with E-state index in [-0.39, 0.29) is 11.8 Å². The van der Waals surface area contributed by atoms with E-state index in [9.17, 15) is 9.59 Å². The molecule has 38 heavy (non-hydrogen) atoms. The van der Waals surface area contributed by atoms with Crippen molar-refractivity contribution in [3.8, 4) is 0 Å². The highest BCUT2D eigenvalue weighted by Gasteiger charge is 2.25. The Bertz CT molecular complexity index is 1330. The first-order valence-corrected chi connectivity index (χ1v) is 13.1. The van der Waals surface area contributed by atoms with Crippen molar-refractivity contribution >= 4 is 34.6 Å². The molecule has 0 spiro atoms. The molecule has 0 aliphatic carbocycles. The minimum atomic E-state index is -0.107. The molecule has 6 nitrogen and oxygen atoms in total. The average molecular weight is 505 g/mol. The first-order chi connectivity index (χ1) is 18.7. The van der Waals surface area contributed by atoms with Crippen molar-refractivity contribution in [1.29, 1.82) is 0 Å². The maximum atomic E-state index is 13.2. The van der Waals surface area contributed by atoms with Crippen LogP contribution in [-0.2, 0) is 0 Å². The first kappa shape index (κ1) is 25.1. The van der Waals surface area contributed by atoms with E-state index in [1.54, 1.807) is 0 Å². The summed E-state index contributed by atoms with van der Waals surface area (Å²) in [5.41, 5.74) is 5.11. The number of hydrogen-bond acceptors (Lipinski definition) is 4. The minimum Gasteiger partial charge on any atom is -0.368 e. The van der Waals surface area contributed by atoms with Crippen molar-refractivity contribution in [2.75, 3.05) is 42.5 Å². The summed E-state index contributed by atoms with van der Waals surface area (Å²) in [5.74, 6) is -0.0407. The maximum absolute atomic E-state index is 13.2. The molecule has 4 aromatic carbocycles. The predicted molar refractivity (Wildman–Crippen MR) is 154 cm³/mol. The van der Waals surface area contributed by atoms with Gasteiger partial charge in [-0.2, -0.15) is 0 Å². The summed E-state index contributed by atoms with van der Waals surface area (Å²) in [6.07, 6.45) is 0. The molecule has 0 bridgehead atoms. The summed E-state index contributed by atoms with van der Waals surface area (Å²) >= 11 is 0. The Hall–Kier alpha value is -4.58. The zero-order valence-electron chi connectivity index (χ0n) is 21.6. The number of carbonyl (C=O) groups excluding carboxylic acids is 2. The third kappa shape index (κ3) is 5.39. The minimum absolute atomic E-state index is 0.0665. The van der Waals surface area contributed by atoms with E-state index in [4.69, 9.17) is 0 Å². The molecule has 0 saturated carbocycles. The van der Waals surface area contributed by atoms with Gasteiger partial charge in [-0.1, -0.05) is 54.6 Å². The van der Waals surface area contributed by atoms with Crippen LogP contribution in [0.3, 0.4) is 0 Å². The molecule has 1 aliphatic rings. The van der Waals surface area contributed by atoms with E-state index in [1.807, 2.05) is 90.7 Å². The van der Waals surface area contributed by atoms with E-state index in [0.29, 0.717) is 25.2 Å². The molecule has 0 radical (unpaired) electrons. The van der Waals surface area contributed by atoms with Gasteiger partial charge in [0, 0.05) is 55.3 Å². The lowest BCUT2D eigenvalue weighted by molar-refractivity contribution is 0.0746. The van der Waals surface area contributed by atoms with Crippen LogP contribution in [0.5, 0.6) is 0 Å². The lowest BCUT2D eigenvalue weighted by atomic mass is 10.1. The van der Waals surface area contributed by atoms with Gasteiger partial charge in [0.2, 0.25) is 0 Å². The number of nitrogens with zero attached hydrogens (tertiary/aromatic N) is 3. The summed E-state index contributed by atoms with van der Waals surface area (Å²) < 4.78 is 0. The van der Waals surface area contributed by atoms with Crippen LogP contribution in [0.4, 0.5) is 22.7 Å². The number of rotatable bonds is 7. The molecule has 1 aliphatic heterocycles. The lowest BCUT2D eigenvalue weighted by Crippen LogP contribution is -2.48. The Balaban J connectivity index is 1.48. The number of para-hydroxylation sites is 2.